The molecular weight excluding hydrogens is 340 g/mol. The molecule has 4 rings (SSSR count). The van der Waals surface area contributed by atoms with Crippen LogP contribution in [0.15, 0.2) is 12.7 Å². The van der Waals surface area contributed by atoms with Gasteiger partial charge in [-0.15, -0.1) is 0 Å². The first-order valence-electron chi connectivity index (χ1n) is 8.83. The topological polar surface area (TPSA) is 134 Å². The van der Waals surface area contributed by atoms with Crippen LogP contribution in [0.5, 0.6) is 0 Å². The van der Waals surface area contributed by atoms with Gasteiger partial charge >= 0.3 is 0 Å². The summed E-state index contributed by atoms with van der Waals surface area (Å²) in [5.41, 5.74) is 1.03. The molecule has 0 unspecified atom stereocenters. The van der Waals surface area contributed by atoms with Crippen LogP contribution in [0.3, 0.4) is 0 Å². The van der Waals surface area contributed by atoms with Gasteiger partial charge in [0.05, 0.1) is 6.33 Å². The number of hydrogen-bond acceptors (Lipinski definition) is 8. The van der Waals surface area contributed by atoms with E-state index < -0.39 is 30.4 Å². The molecule has 1 saturated heterocycles. The van der Waals surface area contributed by atoms with Gasteiger partial charge in [0, 0.05) is 12.6 Å². The summed E-state index contributed by atoms with van der Waals surface area (Å²) in [6, 6.07) is 0.385. The third kappa shape index (κ3) is 2.79. The second-order valence-corrected chi connectivity index (χ2v) is 6.64. The Hall–Kier alpha value is -2.30. The van der Waals surface area contributed by atoms with Gasteiger partial charge in [0.1, 0.15) is 18.5 Å². The van der Waals surface area contributed by atoms with E-state index in [2.05, 4.69) is 25.6 Å². The molecular formula is C16H22N6O4. The van der Waals surface area contributed by atoms with E-state index in [9.17, 15) is 15.0 Å². The second-order valence-electron chi connectivity index (χ2n) is 6.64. The van der Waals surface area contributed by atoms with Crippen molar-refractivity contribution in [2.45, 2.75) is 56.8 Å². The van der Waals surface area contributed by atoms with Crippen molar-refractivity contribution >= 4 is 22.9 Å². The van der Waals surface area contributed by atoms with Crippen LogP contribution in [0.2, 0.25) is 0 Å². The number of amides is 1. The lowest BCUT2D eigenvalue weighted by atomic mass is 9.93. The summed E-state index contributed by atoms with van der Waals surface area (Å²) >= 11 is 0. The highest BCUT2D eigenvalue weighted by Gasteiger charge is 2.47. The minimum absolute atomic E-state index is 0.385. The summed E-state index contributed by atoms with van der Waals surface area (Å²) in [6.45, 7) is 2.17. The van der Waals surface area contributed by atoms with E-state index in [1.807, 2.05) is 0 Å². The number of ether oxygens (including phenoxy) is 1. The number of nitrogens with zero attached hydrogens (tertiary/aromatic N) is 4. The third-order valence-corrected chi connectivity index (χ3v) is 4.93. The molecule has 2 aromatic heterocycles. The van der Waals surface area contributed by atoms with Crippen LogP contribution >= 0.6 is 0 Å². The van der Waals surface area contributed by atoms with Crippen LogP contribution in [0.1, 0.15) is 32.4 Å². The van der Waals surface area contributed by atoms with Crippen molar-refractivity contribution in [3.63, 3.8) is 0 Å². The molecule has 1 amide bonds. The van der Waals surface area contributed by atoms with Gasteiger partial charge in [-0.3, -0.25) is 9.36 Å². The molecule has 1 saturated carbocycles. The number of imidazole rings is 1. The maximum atomic E-state index is 12.0. The van der Waals surface area contributed by atoms with Crippen molar-refractivity contribution in [3.8, 4) is 0 Å². The number of nitrogens with one attached hydrogen (secondary N) is 2. The SMILES string of the molecule is CCNC(=O)[C@H]1O[C@@H](n2cnc3c(NC4CCC4)ncnc32)[C@H](O)[C@@H]1O. The van der Waals surface area contributed by atoms with Crippen LogP contribution in [0.4, 0.5) is 5.82 Å². The minimum atomic E-state index is -1.33. The van der Waals surface area contributed by atoms with Gasteiger partial charge < -0.3 is 25.6 Å². The Morgan fingerprint density at radius 2 is 2.12 bits per heavy atom. The summed E-state index contributed by atoms with van der Waals surface area (Å²) in [7, 11) is 0. The first kappa shape index (κ1) is 17.1. The molecule has 0 radical (unpaired) electrons. The molecule has 0 aromatic carbocycles. The van der Waals surface area contributed by atoms with Gasteiger partial charge in [0.2, 0.25) is 0 Å². The third-order valence-electron chi connectivity index (χ3n) is 4.93. The van der Waals surface area contributed by atoms with Crippen molar-refractivity contribution in [1.82, 2.24) is 24.8 Å². The number of hydrogen-bond donors (Lipinski definition) is 4. The molecule has 1 aliphatic carbocycles. The molecule has 26 heavy (non-hydrogen) atoms. The fourth-order valence-corrected chi connectivity index (χ4v) is 3.27. The predicted octanol–water partition coefficient (Wildman–Crippen LogP) is -0.454. The lowest BCUT2D eigenvalue weighted by molar-refractivity contribution is -0.137. The van der Waals surface area contributed by atoms with Gasteiger partial charge in [0.15, 0.2) is 29.3 Å². The molecule has 4 atom stereocenters. The Labute approximate surface area is 149 Å². The number of aliphatic hydroxyl groups excluding tert-OH is 2. The van der Waals surface area contributed by atoms with Crippen molar-refractivity contribution in [2.24, 2.45) is 0 Å². The lowest BCUT2D eigenvalue weighted by Crippen LogP contribution is -2.42. The van der Waals surface area contributed by atoms with E-state index in [0.29, 0.717) is 29.6 Å². The molecule has 10 heteroatoms. The lowest BCUT2D eigenvalue weighted by Gasteiger charge is -2.26. The molecule has 2 fully saturated rings. The molecule has 0 spiro atoms. The van der Waals surface area contributed by atoms with Gasteiger partial charge in [-0.2, -0.15) is 0 Å². The first-order valence-corrected chi connectivity index (χ1v) is 8.83. The Morgan fingerprint density at radius 1 is 1.31 bits per heavy atom. The van der Waals surface area contributed by atoms with E-state index in [0.717, 1.165) is 12.8 Å². The van der Waals surface area contributed by atoms with Crippen LogP contribution < -0.4 is 10.6 Å². The van der Waals surface area contributed by atoms with E-state index >= 15 is 0 Å². The Balaban J connectivity index is 1.62. The van der Waals surface area contributed by atoms with Gasteiger partial charge in [-0.05, 0) is 26.2 Å². The van der Waals surface area contributed by atoms with Crippen molar-refractivity contribution in [3.05, 3.63) is 12.7 Å². The molecule has 3 heterocycles. The van der Waals surface area contributed by atoms with Crippen molar-refractivity contribution in [2.75, 3.05) is 11.9 Å². The molecule has 2 aromatic rings. The number of carbonyl (C=O) groups excluding carboxylic acids is 1. The highest BCUT2D eigenvalue weighted by molar-refractivity contribution is 5.83. The maximum absolute atomic E-state index is 12.0. The van der Waals surface area contributed by atoms with Gasteiger partial charge in [-0.25, -0.2) is 15.0 Å². The normalized spacial score (nSPS) is 28.9. The van der Waals surface area contributed by atoms with E-state index in [1.54, 1.807) is 6.92 Å². The number of anilines is 1. The monoisotopic (exact) mass is 362 g/mol. The zero-order valence-electron chi connectivity index (χ0n) is 14.4. The molecule has 140 valence electrons. The Bertz CT molecular complexity index is 807. The van der Waals surface area contributed by atoms with E-state index in [4.69, 9.17) is 4.74 Å². The fourth-order valence-electron chi connectivity index (χ4n) is 3.27. The van der Waals surface area contributed by atoms with Crippen LogP contribution in [-0.4, -0.2) is 66.5 Å². The summed E-state index contributed by atoms with van der Waals surface area (Å²) in [5, 5.41) is 26.5. The summed E-state index contributed by atoms with van der Waals surface area (Å²) in [5.74, 6) is 0.166. The fraction of sp³-hybridized carbons (Fsp3) is 0.625. The Morgan fingerprint density at radius 3 is 2.81 bits per heavy atom. The van der Waals surface area contributed by atoms with Crippen LogP contribution in [0, 0.1) is 0 Å². The van der Waals surface area contributed by atoms with Gasteiger partial charge in [0.25, 0.3) is 5.91 Å². The quantitative estimate of drug-likeness (QED) is 0.562. The Kier molecular flexibility index (Phi) is 4.47. The molecule has 2 aliphatic rings. The van der Waals surface area contributed by atoms with E-state index in [1.165, 1.54) is 23.6 Å². The van der Waals surface area contributed by atoms with Crippen LogP contribution in [0.25, 0.3) is 11.2 Å². The highest BCUT2D eigenvalue weighted by Crippen LogP contribution is 2.33. The van der Waals surface area contributed by atoms with E-state index in [-0.39, 0.29) is 0 Å². The first-order chi connectivity index (χ1) is 12.6. The average Bonchev–Trinajstić information content (AvgIpc) is 3.14. The zero-order chi connectivity index (χ0) is 18.3. The standard InChI is InChI=1S/C16H22N6O4/c1-2-17-15(25)12-10(23)11(24)16(26-12)22-7-20-9-13(18-6-19-14(9)22)21-8-4-3-5-8/h6-8,10-12,16,23-24H,2-5H2,1H3,(H,17,25)(H,18,19,21)/t10-,11+,12-,16+/m0/s1. The zero-order valence-corrected chi connectivity index (χ0v) is 14.4. The van der Waals surface area contributed by atoms with Crippen molar-refractivity contribution < 1.29 is 19.7 Å². The molecule has 1 aliphatic heterocycles. The maximum Gasteiger partial charge on any atom is 0.252 e. The highest BCUT2D eigenvalue weighted by atomic mass is 16.6. The number of fused-ring (bicyclic) bond motifs is 1. The second kappa shape index (κ2) is 6.78. The number of aliphatic hydroxyl groups is 2. The number of aromatic nitrogens is 4. The molecule has 0 bridgehead atoms. The predicted molar refractivity (Wildman–Crippen MR) is 91.2 cm³/mol. The van der Waals surface area contributed by atoms with Gasteiger partial charge in [-0.1, -0.05) is 0 Å². The number of carbonyl (C=O) groups is 1. The average molecular weight is 362 g/mol. The van der Waals surface area contributed by atoms with Crippen LogP contribution in [-0.2, 0) is 9.53 Å². The smallest absolute Gasteiger partial charge is 0.252 e. The largest absolute Gasteiger partial charge is 0.387 e. The summed E-state index contributed by atoms with van der Waals surface area (Å²) < 4.78 is 7.16. The summed E-state index contributed by atoms with van der Waals surface area (Å²) in [6.07, 6.45) is 1.55. The number of rotatable bonds is 5. The van der Waals surface area contributed by atoms with Crippen molar-refractivity contribution in [1.29, 1.82) is 0 Å². The molecule has 10 nitrogen and oxygen atoms in total. The molecule has 4 N–H and O–H groups in total. The minimum Gasteiger partial charge on any atom is -0.387 e. The summed E-state index contributed by atoms with van der Waals surface area (Å²) in [4.78, 5) is 24.9. The number of likely N-dealkylation sites (N-methyl/N-ethyl adjacent to an activating group) is 1.